The fourth-order valence-electron chi connectivity index (χ4n) is 3.46. The van der Waals surface area contributed by atoms with Crippen molar-refractivity contribution in [2.45, 2.75) is 33.1 Å². The van der Waals surface area contributed by atoms with Gasteiger partial charge in [0.15, 0.2) is 0 Å². The summed E-state index contributed by atoms with van der Waals surface area (Å²) in [6.45, 7) is 6.44. The Morgan fingerprint density at radius 2 is 1.94 bits per heavy atom. The lowest BCUT2D eigenvalue weighted by Gasteiger charge is -2.11. The zero-order valence-electron chi connectivity index (χ0n) is 17.9. The van der Waals surface area contributed by atoms with Crippen LogP contribution in [0.5, 0.6) is 0 Å². The second-order valence-corrected chi connectivity index (χ2v) is 8.62. The number of pyridine rings is 1. The number of amides is 1. The molecular weight excluding hydrogens is 402 g/mol. The van der Waals surface area contributed by atoms with Crippen molar-refractivity contribution in [1.29, 1.82) is 0 Å². The Morgan fingerprint density at radius 1 is 1.16 bits per heavy atom. The number of thiophene rings is 1. The zero-order chi connectivity index (χ0) is 21.8. The van der Waals surface area contributed by atoms with Gasteiger partial charge in [-0.1, -0.05) is 56.3 Å². The number of carbonyl (C=O) groups excluding carboxylic acids is 1. The summed E-state index contributed by atoms with van der Waals surface area (Å²) >= 11 is 1.59. The zero-order valence-corrected chi connectivity index (χ0v) is 18.7. The van der Waals surface area contributed by atoms with E-state index in [1.807, 2.05) is 48.7 Å². The first-order valence-corrected chi connectivity index (χ1v) is 11.3. The Kier molecular flexibility index (Phi) is 6.23. The minimum Gasteiger partial charge on any atom is -0.267 e. The Labute approximate surface area is 186 Å². The van der Waals surface area contributed by atoms with Gasteiger partial charge in [-0.15, -0.1) is 11.3 Å². The SMILES string of the molecule is CC[C@H](C)c1ccc(-c2cc(C(=O)N/N=C\c3sccc3C)c3ccccc3n2)cc1. The van der Waals surface area contributed by atoms with Crippen molar-refractivity contribution in [1.82, 2.24) is 10.4 Å². The normalized spacial score (nSPS) is 12.4. The predicted octanol–water partition coefficient (Wildman–Crippen LogP) is 6.55. The van der Waals surface area contributed by atoms with Crippen LogP contribution in [-0.4, -0.2) is 17.1 Å². The number of nitrogens with zero attached hydrogens (tertiary/aromatic N) is 2. The molecular formula is C26H25N3OS. The highest BCUT2D eigenvalue weighted by Gasteiger charge is 2.14. The van der Waals surface area contributed by atoms with Crippen LogP contribution >= 0.6 is 11.3 Å². The number of aromatic nitrogens is 1. The molecule has 0 fully saturated rings. The van der Waals surface area contributed by atoms with E-state index in [1.165, 1.54) is 5.56 Å². The predicted molar refractivity (Wildman–Crippen MR) is 130 cm³/mol. The second kappa shape index (κ2) is 9.23. The highest BCUT2D eigenvalue weighted by Crippen LogP contribution is 2.27. The molecule has 2 aromatic carbocycles. The molecule has 2 heterocycles. The molecule has 156 valence electrons. The molecule has 0 saturated heterocycles. The number of nitrogens with one attached hydrogen (secondary N) is 1. The maximum absolute atomic E-state index is 13.0. The lowest BCUT2D eigenvalue weighted by Crippen LogP contribution is -2.18. The number of hydrogen-bond donors (Lipinski definition) is 1. The van der Waals surface area contributed by atoms with Gasteiger partial charge < -0.3 is 0 Å². The molecule has 1 N–H and O–H groups in total. The number of aryl methyl sites for hydroxylation is 1. The summed E-state index contributed by atoms with van der Waals surface area (Å²) in [5, 5.41) is 6.98. The third-order valence-corrected chi connectivity index (χ3v) is 6.55. The van der Waals surface area contributed by atoms with Gasteiger partial charge in [-0.2, -0.15) is 5.10 Å². The lowest BCUT2D eigenvalue weighted by molar-refractivity contribution is 0.0956. The minimum atomic E-state index is -0.249. The molecule has 1 atom stereocenters. The first kappa shape index (κ1) is 20.9. The second-order valence-electron chi connectivity index (χ2n) is 7.67. The van der Waals surface area contributed by atoms with Gasteiger partial charge in [-0.25, -0.2) is 10.4 Å². The van der Waals surface area contributed by atoms with E-state index < -0.39 is 0 Å². The van der Waals surface area contributed by atoms with Crippen LogP contribution in [0.3, 0.4) is 0 Å². The summed E-state index contributed by atoms with van der Waals surface area (Å²) in [7, 11) is 0. The van der Waals surface area contributed by atoms with Gasteiger partial charge in [0.25, 0.3) is 5.91 Å². The summed E-state index contributed by atoms with van der Waals surface area (Å²) in [5.41, 5.74) is 8.24. The molecule has 4 rings (SSSR count). The van der Waals surface area contributed by atoms with Gasteiger partial charge >= 0.3 is 0 Å². The van der Waals surface area contributed by atoms with Crippen LogP contribution in [0.25, 0.3) is 22.2 Å². The van der Waals surface area contributed by atoms with Crippen LogP contribution < -0.4 is 5.43 Å². The Bertz CT molecular complexity index is 1240. The van der Waals surface area contributed by atoms with Crippen LogP contribution in [0.1, 0.15) is 52.5 Å². The minimum absolute atomic E-state index is 0.249. The third kappa shape index (κ3) is 4.57. The standard InChI is InChI=1S/C26H25N3OS/c1-4-17(2)19-9-11-20(12-10-19)24-15-22(21-7-5-6-8-23(21)28-24)26(30)29-27-16-25-18(3)13-14-31-25/h5-17H,4H2,1-3H3,(H,29,30)/b27-16-/t17-/m0/s1. The molecule has 0 unspecified atom stereocenters. The molecule has 0 spiro atoms. The average Bonchev–Trinajstić information content (AvgIpc) is 3.22. The summed E-state index contributed by atoms with van der Waals surface area (Å²) in [5.74, 6) is 0.270. The monoisotopic (exact) mass is 427 g/mol. The molecule has 0 aliphatic rings. The van der Waals surface area contributed by atoms with Crippen molar-refractivity contribution >= 4 is 34.4 Å². The summed E-state index contributed by atoms with van der Waals surface area (Å²) < 4.78 is 0. The summed E-state index contributed by atoms with van der Waals surface area (Å²) in [6, 6.07) is 20.0. The maximum atomic E-state index is 13.0. The molecule has 0 radical (unpaired) electrons. The largest absolute Gasteiger partial charge is 0.272 e. The first-order valence-electron chi connectivity index (χ1n) is 10.4. The quantitative estimate of drug-likeness (QED) is 0.280. The highest BCUT2D eigenvalue weighted by atomic mass is 32.1. The van der Waals surface area contributed by atoms with Crippen molar-refractivity contribution in [2.75, 3.05) is 0 Å². The van der Waals surface area contributed by atoms with Crippen LogP contribution in [0.4, 0.5) is 0 Å². The number of fused-ring (bicyclic) bond motifs is 1. The Hall–Kier alpha value is -3.31. The van der Waals surface area contributed by atoms with E-state index in [2.05, 4.69) is 48.6 Å². The van der Waals surface area contributed by atoms with Crippen LogP contribution in [0.15, 0.2) is 71.1 Å². The van der Waals surface area contributed by atoms with Crippen molar-refractivity contribution < 1.29 is 4.79 Å². The molecule has 0 aliphatic carbocycles. The van der Waals surface area contributed by atoms with Crippen LogP contribution in [0, 0.1) is 6.92 Å². The Balaban J connectivity index is 1.67. The van der Waals surface area contributed by atoms with Gasteiger partial charge in [0.2, 0.25) is 0 Å². The molecule has 0 bridgehead atoms. The van der Waals surface area contributed by atoms with E-state index in [9.17, 15) is 4.79 Å². The molecule has 1 amide bonds. The van der Waals surface area contributed by atoms with Crippen molar-refractivity contribution in [3.8, 4) is 11.3 Å². The number of benzene rings is 2. The third-order valence-electron chi connectivity index (χ3n) is 5.60. The number of rotatable bonds is 6. The molecule has 0 aliphatic heterocycles. The van der Waals surface area contributed by atoms with E-state index >= 15 is 0 Å². The fraction of sp³-hybridized carbons (Fsp3) is 0.192. The van der Waals surface area contributed by atoms with Crippen molar-refractivity contribution in [3.05, 3.63) is 87.6 Å². The molecule has 0 saturated carbocycles. The van der Waals surface area contributed by atoms with Gasteiger partial charge in [0.05, 0.1) is 23.0 Å². The van der Waals surface area contributed by atoms with Crippen molar-refractivity contribution in [3.63, 3.8) is 0 Å². The summed E-state index contributed by atoms with van der Waals surface area (Å²) in [4.78, 5) is 18.8. The number of para-hydroxylation sites is 1. The topological polar surface area (TPSA) is 54.4 Å². The van der Waals surface area contributed by atoms with Crippen molar-refractivity contribution in [2.24, 2.45) is 5.10 Å². The number of hydrogen-bond acceptors (Lipinski definition) is 4. The molecule has 5 heteroatoms. The van der Waals surface area contributed by atoms with Gasteiger partial charge in [-0.3, -0.25) is 4.79 Å². The maximum Gasteiger partial charge on any atom is 0.272 e. The van der Waals surface area contributed by atoms with E-state index in [-0.39, 0.29) is 5.91 Å². The van der Waals surface area contributed by atoms with Gasteiger partial charge in [-0.05, 0) is 54.0 Å². The van der Waals surface area contributed by atoms with E-state index in [1.54, 1.807) is 17.6 Å². The van der Waals surface area contributed by atoms with Gasteiger partial charge in [0.1, 0.15) is 0 Å². The molecule has 4 aromatic rings. The average molecular weight is 428 g/mol. The van der Waals surface area contributed by atoms with E-state index in [0.717, 1.165) is 39.0 Å². The fourth-order valence-corrected chi connectivity index (χ4v) is 4.24. The smallest absolute Gasteiger partial charge is 0.267 e. The van der Waals surface area contributed by atoms with E-state index in [0.29, 0.717) is 11.5 Å². The van der Waals surface area contributed by atoms with Crippen LogP contribution in [-0.2, 0) is 0 Å². The number of carbonyl (C=O) groups is 1. The first-order chi connectivity index (χ1) is 15.1. The lowest BCUT2D eigenvalue weighted by atomic mass is 9.96. The van der Waals surface area contributed by atoms with Crippen LogP contribution in [0.2, 0.25) is 0 Å². The highest BCUT2D eigenvalue weighted by molar-refractivity contribution is 7.11. The number of hydrazone groups is 1. The summed E-state index contributed by atoms with van der Waals surface area (Å²) in [6.07, 6.45) is 2.79. The molecule has 4 nitrogen and oxygen atoms in total. The molecule has 2 aromatic heterocycles. The van der Waals surface area contributed by atoms with E-state index in [4.69, 9.17) is 4.98 Å². The Morgan fingerprint density at radius 3 is 2.65 bits per heavy atom. The van der Waals surface area contributed by atoms with Gasteiger partial charge in [0, 0.05) is 15.8 Å². The molecule has 31 heavy (non-hydrogen) atoms.